The normalized spacial score (nSPS) is 10.4. The second kappa shape index (κ2) is 7.00. The van der Waals surface area contributed by atoms with Crippen LogP contribution in [0.3, 0.4) is 0 Å². The minimum absolute atomic E-state index is 0.0915. The third kappa shape index (κ3) is 3.63. The zero-order chi connectivity index (χ0) is 16.9. The SMILES string of the molecule is CN(C)c1cccc(C(=O)NCc2cnn(-c3ccccc3)c2)c1. The van der Waals surface area contributed by atoms with Gasteiger partial charge in [0.2, 0.25) is 0 Å². The third-order valence-corrected chi connectivity index (χ3v) is 3.73. The Morgan fingerprint density at radius 3 is 2.67 bits per heavy atom. The number of nitrogens with one attached hydrogen (secondary N) is 1. The van der Waals surface area contributed by atoms with Gasteiger partial charge in [-0.05, 0) is 30.3 Å². The highest BCUT2D eigenvalue weighted by molar-refractivity contribution is 5.95. The van der Waals surface area contributed by atoms with Crippen LogP contribution in [0.15, 0.2) is 67.0 Å². The van der Waals surface area contributed by atoms with Crippen molar-refractivity contribution < 1.29 is 4.79 Å². The molecule has 0 aliphatic heterocycles. The third-order valence-electron chi connectivity index (χ3n) is 3.73. The summed E-state index contributed by atoms with van der Waals surface area (Å²) < 4.78 is 1.80. The molecule has 0 spiro atoms. The topological polar surface area (TPSA) is 50.2 Å². The summed E-state index contributed by atoms with van der Waals surface area (Å²) in [6.45, 7) is 0.442. The molecule has 0 atom stereocenters. The molecule has 24 heavy (non-hydrogen) atoms. The summed E-state index contributed by atoms with van der Waals surface area (Å²) in [6.07, 6.45) is 3.69. The van der Waals surface area contributed by atoms with Gasteiger partial charge in [0.1, 0.15) is 0 Å². The van der Waals surface area contributed by atoms with Crippen LogP contribution >= 0.6 is 0 Å². The van der Waals surface area contributed by atoms with Crippen molar-refractivity contribution in [2.24, 2.45) is 0 Å². The fraction of sp³-hybridized carbons (Fsp3) is 0.158. The van der Waals surface area contributed by atoms with Crippen molar-refractivity contribution in [3.8, 4) is 5.69 Å². The molecular weight excluding hydrogens is 300 g/mol. The number of anilines is 1. The van der Waals surface area contributed by atoms with Gasteiger partial charge < -0.3 is 10.2 Å². The molecule has 0 bridgehead atoms. The molecule has 0 saturated heterocycles. The Labute approximate surface area is 141 Å². The van der Waals surface area contributed by atoms with Crippen LogP contribution in [0.4, 0.5) is 5.69 Å². The first-order valence-electron chi connectivity index (χ1n) is 7.78. The van der Waals surface area contributed by atoms with E-state index in [1.165, 1.54) is 0 Å². The van der Waals surface area contributed by atoms with E-state index in [4.69, 9.17) is 0 Å². The van der Waals surface area contributed by atoms with E-state index < -0.39 is 0 Å². The maximum absolute atomic E-state index is 12.3. The van der Waals surface area contributed by atoms with Crippen LogP contribution < -0.4 is 10.2 Å². The molecule has 1 N–H and O–H groups in total. The summed E-state index contributed by atoms with van der Waals surface area (Å²) in [6, 6.07) is 17.4. The summed E-state index contributed by atoms with van der Waals surface area (Å²) in [5.74, 6) is -0.0915. The minimum Gasteiger partial charge on any atom is -0.378 e. The van der Waals surface area contributed by atoms with Crippen LogP contribution in [-0.4, -0.2) is 29.8 Å². The van der Waals surface area contributed by atoms with Gasteiger partial charge in [-0.2, -0.15) is 5.10 Å². The predicted octanol–water partition coefficient (Wildman–Crippen LogP) is 2.87. The quantitative estimate of drug-likeness (QED) is 0.786. The van der Waals surface area contributed by atoms with E-state index in [0.29, 0.717) is 12.1 Å². The molecule has 3 rings (SSSR count). The van der Waals surface area contributed by atoms with Crippen molar-refractivity contribution >= 4 is 11.6 Å². The second-order valence-corrected chi connectivity index (χ2v) is 5.76. The molecule has 0 unspecified atom stereocenters. The lowest BCUT2D eigenvalue weighted by Crippen LogP contribution is -2.23. The number of carbonyl (C=O) groups is 1. The zero-order valence-electron chi connectivity index (χ0n) is 13.8. The van der Waals surface area contributed by atoms with Crippen molar-refractivity contribution in [2.45, 2.75) is 6.54 Å². The second-order valence-electron chi connectivity index (χ2n) is 5.76. The molecule has 1 amide bonds. The van der Waals surface area contributed by atoms with E-state index >= 15 is 0 Å². The van der Waals surface area contributed by atoms with E-state index in [-0.39, 0.29) is 5.91 Å². The van der Waals surface area contributed by atoms with Gasteiger partial charge in [-0.3, -0.25) is 4.79 Å². The van der Waals surface area contributed by atoms with Crippen molar-refractivity contribution in [3.63, 3.8) is 0 Å². The first-order chi connectivity index (χ1) is 11.6. The molecule has 0 aliphatic carbocycles. The fourth-order valence-corrected chi connectivity index (χ4v) is 2.38. The molecular formula is C19H20N4O. The first kappa shape index (κ1) is 15.8. The molecule has 3 aromatic rings. The van der Waals surface area contributed by atoms with Gasteiger partial charge in [-0.25, -0.2) is 4.68 Å². The number of rotatable bonds is 5. The Kier molecular flexibility index (Phi) is 4.61. The van der Waals surface area contributed by atoms with Crippen LogP contribution in [0.1, 0.15) is 15.9 Å². The highest BCUT2D eigenvalue weighted by Crippen LogP contribution is 2.13. The van der Waals surface area contributed by atoms with Crippen LogP contribution in [0.25, 0.3) is 5.69 Å². The Morgan fingerprint density at radius 1 is 1.12 bits per heavy atom. The molecule has 0 saturated carbocycles. The van der Waals surface area contributed by atoms with Gasteiger partial charge in [-0.1, -0.05) is 24.3 Å². The minimum atomic E-state index is -0.0915. The number of carbonyl (C=O) groups excluding carboxylic acids is 1. The number of hydrogen-bond acceptors (Lipinski definition) is 3. The number of amides is 1. The Hall–Kier alpha value is -3.08. The molecule has 0 radical (unpaired) electrons. The fourth-order valence-electron chi connectivity index (χ4n) is 2.38. The summed E-state index contributed by atoms with van der Waals surface area (Å²) in [7, 11) is 3.91. The maximum Gasteiger partial charge on any atom is 0.251 e. The van der Waals surface area contributed by atoms with Crippen molar-refractivity contribution in [2.75, 3.05) is 19.0 Å². The number of benzene rings is 2. The molecule has 122 valence electrons. The van der Waals surface area contributed by atoms with Crippen molar-refractivity contribution in [1.29, 1.82) is 0 Å². The molecule has 1 aromatic heterocycles. The van der Waals surface area contributed by atoms with Crippen LogP contribution in [0.2, 0.25) is 0 Å². The van der Waals surface area contributed by atoms with Crippen LogP contribution in [-0.2, 0) is 6.54 Å². The van der Waals surface area contributed by atoms with Crippen molar-refractivity contribution in [3.05, 3.63) is 78.1 Å². The van der Waals surface area contributed by atoms with Crippen LogP contribution in [0.5, 0.6) is 0 Å². The van der Waals surface area contributed by atoms with E-state index in [9.17, 15) is 4.79 Å². The van der Waals surface area contributed by atoms with Gasteiger partial charge in [0.25, 0.3) is 5.91 Å². The number of nitrogens with zero attached hydrogens (tertiary/aromatic N) is 3. The zero-order valence-corrected chi connectivity index (χ0v) is 13.8. The summed E-state index contributed by atoms with van der Waals surface area (Å²) in [4.78, 5) is 14.3. The van der Waals surface area contributed by atoms with Crippen LogP contribution in [0, 0.1) is 0 Å². The number of hydrogen-bond donors (Lipinski definition) is 1. The number of para-hydroxylation sites is 1. The Balaban J connectivity index is 1.65. The predicted molar refractivity (Wildman–Crippen MR) is 95.5 cm³/mol. The highest BCUT2D eigenvalue weighted by Gasteiger charge is 2.08. The van der Waals surface area contributed by atoms with E-state index in [2.05, 4.69) is 10.4 Å². The summed E-state index contributed by atoms with van der Waals surface area (Å²) >= 11 is 0. The average molecular weight is 320 g/mol. The van der Waals surface area contributed by atoms with Gasteiger partial charge >= 0.3 is 0 Å². The van der Waals surface area contributed by atoms with Gasteiger partial charge in [-0.15, -0.1) is 0 Å². The summed E-state index contributed by atoms with van der Waals surface area (Å²) in [5.41, 5.74) is 3.60. The smallest absolute Gasteiger partial charge is 0.251 e. The lowest BCUT2D eigenvalue weighted by molar-refractivity contribution is 0.0951. The van der Waals surface area contributed by atoms with Gasteiger partial charge in [0, 0.05) is 43.7 Å². The Morgan fingerprint density at radius 2 is 1.92 bits per heavy atom. The molecule has 1 heterocycles. The highest BCUT2D eigenvalue weighted by atomic mass is 16.1. The van der Waals surface area contributed by atoms with E-state index in [0.717, 1.165) is 16.9 Å². The molecule has 0 fully saturated rings. The molecule has 5 heteroatoms. The number of aromatic nitrogens is 2. The monoisotopic (exact) mass is 320 g/mol. The van der Waals surface area contributed by atoms with E-state index in [1.54, 1.807) is 10.9 Å². The standard InChI is InChI=1S/C19H20N4O/c1-22(2)18-10-6-7-16(11-18)19(24)20-12-15-13-21-23(14-15)17-8-4-3-5-9-17/h3-11,13-14H,12H2,1-2H3,(H,20,24). The first-order valence-corrected chi connectivity index (χ1v) is 7.78. The summed E-state index contributed by atoms with van der Waals surface area (Å²) in [5, 5.41) is 7.27. The molecule has 0 aliphatic rings. The Bertz CT molecular complexity index is 824. The molecule has 5 nitrogen and oxygen atoms in total. The van der Waals surface area contributed by atoms with Gasteiger partial charge in [0.05, 0.1) is 11.9 Å². The molecule has 2 aromatic carbocycles. The van der Waals surface area contributed by atoms with Crippen molar-refractivity contribution in [1.82, 2.24) is 15.1 Å². The lowest BCUT2D eigenvalue weighted by atomic mass is 10.2. The van der Waals surface area contributed by atoms with E-state index in [1.807, 2.05) is 79.8 Å². The lowest BCUT2D eigenvalue weighted by Gasteiger charge is -2.13. The largest absolute Gasteiger partial charge is 0.378 e. The average Bonchev–Trinajstić information content (AvgIpc) is 3.09. The van der Waals surface area contributed by atoms with Gasteiger partial charge in [0.15, 0.2) is 0 Å². The maximum atomic E-state index is 12.3.